The molecule has 6 nitrogen and oxygen atoms in total. The van der Waals surface area contributed by atoms with Gasteiger partial charge in [-0.2, -0.15) is 11.3 Å². The van der Waals surface area contributed by atoms with Crippen LogP contribution < -0.4 is 10.6 Å². The summed E-state index contributed by atoms with van der Waals surface area (Å²) in [5.41, 5.74) is 2.02. The molecule has 3 aromatic rings. The number of hydrogen-bond donors (Lipinski definition) is 3. The maximum Gasteiger partial charge on any atom is 0.191 e. The molecule has 0 radical (unpaired) electrons. The van der Waals surface area contributed by atoms with Gasteiger partial charge in [0.05, 0.1) is 17.6 Å². The van der Waals surface area contributed by atoms with Crippen LogP contribution in [0.3, 0.4) is 0 Å². The number of nitrogens with zero attached hydrogens (tertiary/aromatic N) is 3. The molecule has 0 aliphatic carbocycles. The molecule has 0 saturated carbocycles. The smallest absolute Gasteiger partial charge is 0.191 e. The van der Waals surface area contributed by atoms with Crippen molar-refractivity contribution in [1.82, 2.24) is 20.2 Å². The van der Waals surface area contributed by atoms with Crippen molar-refractivity contribution in [3.05, 3.63) is 52.5 Å². The minimum atomic E-state index is -0.950. The number of rotatable bonds is 6. The largest absolute Gasteiger partial charge is 0.384 e. The molecule has 1 atom stereocenters. The fourth-order valence-corrected chi connectivity index (χ4v) is 3.54. The molecule has 0 fully saturated rings. The van der Waals surface area contributed by atoms with Crippen LogP contribution in [0.5, 0.6) is 0 Å². The molecular weight excluding hydrogens is 346 g/mol. The van der Waals surface area contributed by atoms with E-state index >= 15 is 0 Å². The fourth-order valence-electron chi connectivity index (χ4n) is 2.76. The summed E-state index contributed by atoms with van der Waals surface area (Å²) in [6, 6.07) is 9.99. The third kappa shape index (κ3) is 4.05. The second-order valence-corrected chi connectivity index (χ2v) is 7.19. The van der Waals surface area contributed by atoms with E-state index in [1.165, 1.54) is 0 Å². The fraction of sp³-hybridized carbons (Fsp3) is 0.368. The first-order valence-corrected chi connectivity index (χ1v) is 9.63. The Hall–Kier alpha value is -2.38. The number of nitrogens with one attached hydrogen (secondary N) is 2. The van der Waals surface area contributed by atoms with Crippen LogP contribution in [-0.4, -0.2) is 33.7 Å². The lowest BCUT2D eigenvalue weighted by Gasteiger charge is -2.24. The SMILES string of the molecule is CCNC(=NCc1nc2ccccc2n1C)NCC(C)(O)c1ccsc1. The van der Waals surface area contributed by atoms with Crippen LogP contribution in [0.2, 0.25) is 0 Å². The van der Waals surface area contributed by atoms with E-state index in [1.807, 2.05) is 49.0 Å². The number of thiophene rings is 1. The molecule has 2 heterocycles. The van der Waals surface area contributed by atoms with E-state index in [0.717, 1.165) is 29.0 Å². The lowest BCUT2D eigenvalue weighted by Crippen LogP contribution is -2.44. The molecule has 0 amide bonds. The number of fused-ring (bicyclic) bond motifs is 1. The highest BCUT2D eigenvalue weighted by molar-refractivity contribution is 7.08. The first kappa shape index (κ1) is 18.4. The average molecular weight is 372 g/mol. The van der Waals surface area contributed by atoms with E-state index in [9.17, 15) is 5.11 Å². The third-order valence-electron chi connectivity index (χ3n) is 4.35. The quantitative estimate of drug-likeness (QED) is 0.460. The van der Waals surface area contributed by atoms with E-state index in [4.69, 9.17) is 0 Å². The second kappa shape index (κ2) is 7.88. The van der Waals surface area contributed by atoms with Crippen LogP contribution in [0.1, 0.15) is 25.2 Å². The molecule has 3 N–H and O–H groups in total. The number of aliphatic hydroxyl groups is 1. The van der Waals surface area contributed by atoms with Crippen molar-refractivity contribution in [3.63, 3.8) is 0 Å². The Morgan fingerprint density at radius 2 is 2.12 bits per heavy atom. The topological polar surface area (TPSA) is 74.5 Å². The maximum absolute atomic E-state index is 10.7. The first-order chi connectivity index (χ1) is 12.5. The number of aromatic nitrogens is 2. The summed E-state index contributed by atoms with van der Waals surface area (Å²) < 4.78 is 2.06. The minimum absolute atomic E-state index is 0.373. The van der Waals surface area contributed by atoms with Gasteiger partial charge in [0, 0.05) is 13.6 Å². The molecule has 2 aromatic heterocycles. The third-order valence-corrected chi connectivity index (χ3v) is 5.03. The zero-order chi connectivity index (χ0) is 18.6. The normalized spacial score (nSPS) is 14.4. The number of para-hydroxylation sites is 2. The van der Waals surface area contributed by atoms with Crippen LogP contribution in [-0.2, 0) is 19.2 Å². The maximum atomic E-state index is 10.7. The van der Waals surface area contributed by atoms with Crippen LogP contribution >= 0.6 is 11.3 Å². The van der Waals surface area contributed by atoms with Gasteiger partial charge >= 0.3 is 0 Å². The lowest BCUT2D eigenvalue weighted by molar-refractivity contribution is 0.0621. The van der Waals surface area contributed by atoms with Crippen molar-refractivity contribution in [2.75, 3.05) is 13.1 Å². The van der Waals surface area contributed by atoms with Gasteiger partial charge < -0.3 is 20.3 Å². The highest BCUT2D eigenvalue weighted by atomic mass is 32.1. The molecule has 7 heteroatoms. The van der Waals surface area contributed by atoms with Crippen molar-refractivity contribution in [2.24, 2.45) is 12.0 Å². The van der Waals surface area contributed by atoms with E-state index in [2.05, 4.69) is 31.2 Å². The summed E-state index contributed by atoms with van der Waals surface area (Å²) in [5.74, 6) is 1.56. The van der Waals surface area contributed by atoms with Gasteiger partial charge in [0.15, 0.2) is 5.96 Å². The van der Waals surface area contributed by atoms with Crippen LogP contribution in [0.25, 0.3) is 11.0 Å². The number of guanidine groups is 1. The second-order valence-electron chi connectivity index (χ2n) is 6.41. The van der Waals surface area contributed by atoms with E-state index in [-0.39, 0.29) is 0 Å². The molecule has 0 bridgehead atoms. The lowest BCUT2D eigenvalue weighted by atomic mass is 9.99. The summed E-state index contributed by atoms with van der Waals surface area (Å²) in [6.07, 6.45) is 0. The number of hydrogen-bond acceptors (Lipinski definition) is 4. The van der Waals surface area contributed by atoms with E-state index in [0.29, 0.717) is 19.0 Å². The Morgan fingerprint density at radius 3 is 2.81 bits per heavy atom. The van der Waals surface area contributed by atoms with Gasteiger partial charge in [0.2, 0.25) is 0 Å². The molecule has 26 heavy (non-hydrogen) atoms. The van der Waals surface area contributed by atoms with Crippen molar-refractivity contribution in [2.45, 2.75) is 26.0 Å². The van der Waals surface area contributed by atoms with Crippen LogP contribution in [0, 0.1) is 0 Å². The summed E-state index contributed by atoms with van der Waals surface area (Å²) in [5, 5.41) is 21.0. The van der Waals surface area contributed by atoms with E-state index in [1.54, 1.807) is 18.3 Å². The van der Waals surface area contributed by atoms with Gasteiger partial charge in [-0.1, -0.05) is 12.1 Å². The summed E-state index contributed by atoms with van der Waals surface area (Å²) in [7, 11) is 2.00. The Balaban J connectivity index is 1.71. The van der Waals surface area contributed by atoms with Crippen molar-refractivity contribution in [1.29, 1.82) is 0 Å². The molecule has 1 aromatic carbocycles. The number of aryl methyl sites for hydroxylation is 1. The summed E-state index contributed by atoms with van der Waals surface area (Å²) in [6.45, 7) is 5.40. The van der Waals surface area contributed by atoms with E-state index < -0.39 is 5.60 Å². The zero-order valence-electron chi connectivity index (χ0n) is 15.4. The van der Waals surface area contributed by atoms with Crippen LogP contribution in [0.15, 0.2) is 46.1 Å². The Kier molecular flexibility index (Phi) is 5.58. The molecule has 0 spiro atoms. The Morgan fingerprint density at radius 1 is 1.31 bits per heavy atom. The highest BCUT2D eigenvalue weighted by Gasteiger charge is 2.23. The van der Waals surface area contributed by atoms with Gasteiger partial charge in [-0.3, -0.25) is 0 Å². The van der Waals surface area contributed by atoms with Crippen molar-refractivity contribution >= 4 is 28.3 Å². The van der Waals surface area contributed by atoms with Gasteiger partial charge in [0.25, 0.3) is 0 Å². The molecule has 0 saturated heterocycles. The minimum Gasteiger partial charge on any atom is -0.384 e. The molecule has 138 valence electrons. The Bertz CT molecular complexity index is 883. The first-order valence-electron chi connectivity index (χ1n) is 8.69. The molecule has 1 unspecified atom stereocenters. The predicted octanol–water partition coefficient (Wildman–Crippen LogP) is 2.60. The molecule has 3 rings (SSSR count). The molecular formula is C19H25N5OS. The average Bonchev–Trinajstić information content (AvgIpc) is 3.27. The Labute approximate surface area is 157 Å². The van der Waals surface area contributed by atoms with Crippen molar-refractivity contribution < 1.29 is 5.11 Å². The van der Waals surface area contributed by atoms with Gasteiger partial charge in [-0.05, 0) is 48.4 Å². The zero-order valence-corrected chi connectivity index (χ0v) is 16.2. The molecule has 0 aliphatic rings. The summed E-state index contributed by atoms with van der Waals surface area (Å²) in [4.78, 5) is 9.27. The van der Waals surface area contributed by atoms with Gasteiger partial charge in [0.1, 0.15) is 18.0 Å². The van der Waals surface area contributed by atoms with Crippen molar-refractivity contribution in [3.8, 4) is 0 Å². The number of benzene rings is 1. The highest BCUT2D eigenvalue weighted by Crippen LogP contribution is 2.22. The summed E-state index contributed by atoms with van der Waals surface area (Å²) >= 11 is 1.58. The monoisotopic (exact) mass is 371 g/mol. The van der Waals surface area contributed by atoms with Gasteiger partial charge in [-0.25, -0.2) is 9.98 Å². The number of imidazole rings is 1. The molecule has 0 aliphatic heterocycles. The standard InChI is InChI=1S/C19H25N5OS/c1-4-20-18(22-13-19(2,25)14-9-10-26-12-14)21-11-17-23-15-7-5-6-8-16(15)24(17)3/h5-10,12,25H,4,11,13H2,1-3H3,(H2,20,21,22). The predicted molar refractivity (Wildman–Crippen MR) is 107 cm³/mol. The van der Waals surface area contributed by atoms with Crippen LogP contribution in [0.4, 0.5) is 0 Å². The van der Waals surface area contributed by atoms with Gasteiger partial charge in [-0.15, -0.1) is 0 Å². The number of aliphatic imine (C=N–C) groups is 1.